The van der Waals surface area contributed by atoms with Crippen LogP contribution in [-0.4, -0.2) is 0 Å². The van der Waals surface area contributed by atoms with Crippen LogP contribution in [0.2, 0.25) is 0 Å². The molecule has 0 radical (unpaired) electrons. The summed E-state index contributed by atoms with van der Waals surface area (Å²) in [7, 11) is 0. The van der Waals surface area contributed by atoms with Crippen molar-refractivity contribution in [3.63, 3.8) is 0 Å². The van der Waals surface area contributed by atoms with E-state index in [4.69, 9.17) is 0 Å². The van der Waals surface area contributed by atoms with E-state index in [0.29, 0.717) is 10.8 Å². The van der Waals surface area contributed by atoms with Crippen LogP contribution in [0.4, 0.5) is 0 Å². The normalized spacial score (nSPS) is 28.0. The highest BCUT2D eigenvalue weighted by Gasteiger charge is 2.22. The van der Waals surface area contributed by atoms with Crippen molar-refractivity contribution in [3.05, 3.63) is 0 Å². The largest absolute Gasteiger partial charge is 0.0599 e. The molecule has 0 heterocycles. The van der Waals surface area contributed by atoms with Crippen LogP contribution in [0.1, 0.15) is 85.5 Å². The van der Waals surface area contributed by atoms with Crippen molar-refractivity contribution >= 4 is 0 Å². The number of rotatable bonds is 0. The monoisotopic (exact) mass is 210 g/mol. The van der Waals surface area contributed by atoms with Gasteiger partial charge >= 0.3 is 0 Å². The average Bonchev–Trinajstić information content (AvgIpc) is 2.51. The van der Waals surface area contributed by atoms with Crippen molar-refractivity contribution in [2.24, 2.45) is 10.8 Å². The van der Waals surface area contributed by atoms with Crippen LogP contribution < -0.4 is 0 Å². The SMILES string of the molecule is CC1(C)CCCC1.CC1(C)CCCCC1. The molecule has 2 rings (SSSR count). The zero-order chi connectivity index (χ0) is 11.4. The predicted molar refractivity (Wildman–Crippen MR) is 69.1 cm³/mol. The molecule has 15 heavy (non-hydrogen) atoms. The molecule has 0 aliphatic heterocycles. The third kappa shape index (κ3) is 5.58. The van der Waals surface area contributed by atoms with Gasteiger partial charge in [0.05, 0.1) is 0 Å². The Bertz CT molecular complexity index is 160. The Morgan fingerprint density at radius 1 is 0.467 bits per heavy atom. The highest BCUT2D eigenvalue weighted by Crippen LogP contribution is 2.36. The van der Waals surface area contributed by atoms with Crippen LogP contribution in [0.25, 0.3) is 0 Å². The lowest BCUT2D eigenvalue weighted by atomic mass is 9.78. The second-order valence-electron chi connectivity index (χ2n) is 7.10. The van der Waals surface area contributed by atoms with Crippen LogP contribution in [0.3, 0.4) is 0 Å². The van der Waals surface area contributed by atoms with E-state index in [1.54, 1.807) is 0 Å². The van der Waals surface area contributed by atoms with E-state index in [1.807, 2.05) is 0 Å². The fourth-order valence-corrected chi connectivity index (χ4v) is 2.84. The quantitative estimate of drug-likeness (QED) is 0.491. The molecular weight excluding hydrogens is 180 g/mol. The van der Waals surface area contributed by atoms with Gasteiger partial charge in [0.15, 0.2) is 0 Å². The van der Waals surface area contributed by atoms with Gasteiger partial charge in [0.2, 0.25) is 0 Å². The molecule has 0 bridgehead atoms. The maximum absolute atomic E-state index is 2.38. The van der Waals surface area contributed by atoms with E-state index in [0.717, 1.165) is 0 Å². The minimum atomic E-state index is 0.679. The van der Waals surface area contributed by atoms with Gasteiger partial charge in [-0.1, -0.05) is 59.8 Å². The molecule has 0 saturated heterocycles. The smallest absolute Gasteiger partial charge is 0.0354 e. The first-order valence-electron chi connectivity index (χ1n) is 6.91. The third-order valence-corrected chi connectivity index (χ3v) is 4.16. The topological polar surface area (TPSA) is 0 Å². The molecule has 2 saturated carbocycles. The summed E-state index contributed by atoms with van der Waals surface area (Å²) in [6.07, 6.45) is 13.1. The van der Waals surface area contributed by atoms with Crippen molar-refractivity contribution < 1.29 is 0 Å². The molecule has 0 heteroatoms. The summed E-state index contributed by atoms with van der Waals surface area (Å²) in [5.41, 5.74) is 1.37. The minimum absolute atomic E-state index is 0.679. The van der Waals surface area contributed by atoms with Gasteiger partial charge in [-0.05, 0) is 36.5 Å². The maximum Gasteiger partial charge on any atom is -0.0354 e. The zero-order valence-corrected chi connectivity index (χ0v) is 11.4. The molecule has 0 aromatic rings. The van der Waals surface area contributed by atoms with Gasteiger partial charge in [-0.3, -0.25) is 0 Å². The van der Waals surface area contributed by atoms with Crippen LogP contribution in [-0.2, 0) is 0 Å². The Morgan fingerprint density at radius 3 is 0.867 bits per heavy atom. The predicted octanol–water partition coefficient (Wildman–Crippen LogP) is 5.56. The molecule has 0 atom stereocenters. The van der Waals surface area contributed by atoms with Crippen LogP contribution >= 0.6 is 0 Å². The van der Waals surface area contributed by atoms with Gasteiger partial charge in [0.1, 0.15) is 0 Å². The summed E-state index contributed by atoms with van der Waals surface area (Å²) in [5, 5.41) is 0. The van der Waals surface area contributed by atoms with Gasteiger partial charge in [0, 0.05) is 0 Å². The van der Waals surface area contributed by atoms with Crippen molar-refractivity contribution in [1.82, 2.24) is 0 Å². The Morgan fingerprint density at radius 2 is 0.733 bits per heavy atom. The van der Waals surface area contributed by atoms with E-state index in [-0.39, 0.29) is 0 Å². The summed E-state index contributed by atoms with van der Waals surface area (Å²) in [6.45, 7) is 9.48. The molecule has 2 fully saturated rings. The molecule has 0 amide bonds. The first kappa shape index (κ1) is 13.1. The molecule has 0 unspecified atom stereocenters. The highest BCUT2D eigenvalue weighted by atomic mass is 14.3. The molecule has 2 aliphatic carbocycles. The number of hydrogen-bond acceptors (Lipinski definition) is 0. The summed E-state index contributed by atoms with van der Waals surface area (Å²) in [6, 6.07) is 0. The summed E-state index contributed by atoms with van der Waals surface area (Å²) < 4.78 is 0. The minimum Gasteiger partial charge on any atom is -0.0599 e. The van der Waals surface area contributed by atoms with E-state index in [9.17, 15) is 0 Å². The first-order chi connectivity index (χ1) is 6.91. The van der Waals surface area contributed by atoms with Gasteiger partial charge in [-0.25, -0.2) is 0 Å². The van der Waals surface area contributed by atoms with Crippen molar-refractivity contribution in [2.75, 3.05) is 0 Å². The second kappa shape index (κ2) is 5.37. The third-order valence-electron chi connectivity index (χ3n) is 4.16. The van der Waals surface area contributed by atoms with Gasteiger partial charge in [-0.15, -0.1) is 0 Å². The van der Waals surface area contributed by atoms with E-state index >= 15 is 0 Å². The molecule has 2 aliphatic rings. The molecule has 0 aromatic carbocycles. The second-order valence-corrected chi connectivity index (χ2v) is 7.10. The highest BCUT2D eigenvalue weighted by molar-refractivity contribution is 4.74. The molecule has 90 valence electrons. The van der Waals surface area contributed by atoms with Gasteiger partial charge < -0.3 is 0 Å². The van der Waals surface area contributed by atoms with E-state index in [2.05, 4.69) is 27.7 Å². The Kier molecular flexibility index (Phi) is 4.67. The summed E-state index contributed by atoms with van der Waals surface area (Å²) >= 11 is 0. The standard InChI is InChI=1S/C8H16.C7H14/c1-8(2)6-4-3-5-7-8;1-7(2)5-3-4-6-7/h3-7H2,1-2H3;3-6H2,1-2H3. The van der Waals surface area contributed by atoms with E-state index < -0.39 is 0 Å². The zero-order valence-electron chi connectivity index (χ0n) is 11.4. The lowest BCUT2D eigenvalue weighted by molar-refractivity contribution is 0.244. The van der Waals surface area contributed by atoms with Crippen LogP contribution in [0.15, 0.2) is 0 Å². The molecule has 0 spiro atoms. The molecule has 0 aromatic heterocycles. The van der Waals surface area contributed by atoms with E-state index in [1.165, 1.54) is 57.8 Å². The van der Waals surface area contributed by atoms with Gasteiger partial charge in [-0.2, -0.15) is 0 Å². The van der Waals surface area contributed by atoms with Crippen LogP contribution in [0, 0.1) is 10.8 Å². The molecule has 0 nitrogen and oxygen atoms in total. The van der Waals surface area contributed by atoms with Crippen LogP contribution in [0.5, 0.6) is 0 Å². The lowest BCUT2D eigenvalue weighted by Crippen LogP contribution is -2.14. The molecular formula is C15H30. The van der Waals surface area contributed by atoms with Crippen molar-refractivity contribution in [2.45, 2.75) is 85.5 Å². The molecule has 0 N–H and O–H groups in total. The Hall–Kier alpha value is 0. The van der Waals surface area contributed by atoms with Gasteiger partial charge in [0.25, 0.3) is 0 Å². The fourth-order valence-electron chi connectivity index (χ4n) is 2.84. The summed E-state index contributed by atoms with van der Waals surface area (Å²) in [4.78, 5) is 0. The summed E-state index contributed by atoms with van der Waals surface area (Å²) in [5.74, 6) is 0. The maximum atomic E-state index is 2.38. The Balaban J connectivity index is 0.000000151. The first-order valence-corrected chi connectivity index (χ1v) is 6.91. The average molecular weight is 210 g/mol. The van der Waals surface area contributed by atoms with Crippen molar-refractivity contribution in [1.29, 1.82) is 0 Å². The number of hydrogen-bond donors (Lipinski definition) is 0. The Labute approximate surface area is 96.8 Å². The fraction of sp³-hybridized carbons (Fsp3) is 1.00. The lowest BCUT2D eigenvalue weighted by Gasteiger charge is -2.28. The van der Waals surface area contributed by atoms with Crippen molar-refractivity contribution in [3.8, 4) is 0 Å².